The molecule has 0 aliphatic carbocycles. The van der Waals surface area contributed by atoms with Crippen LogP contribution in [-0.2, 0) is 4.79 Å². The summed E-state index contributed by atoms with van der Waals surface area (Å²) >= 11 is 1.48. The van der Waals surface area contributed by atoms with Crippen LogP contribution in [0.15, 0.2) is 40.5 Å². The Kier molecular flexibility index (Phi) is 3.46. The zero-order chi connectivity index (χ0) is 14.9. The van der Waals surface area contributed by atoms with E-state index in [0.717, 1.165) is 29.6 Å². The molecule has 22 heavy (non-hydrogen) atoms. The van der Waals surface area contributed by atoms with Crippen molar-refractivity contribution in [2.24, 2.45) is 4.99 Å². The minimum atomic E-state index is -0.142. The minimum absolute atomic E-state index is 0.142. The van der Waals surface area contributed by atoms with Crippen LogP contribution in [0.5, 0.6) is 0 Å². The summed E-state index contributed by atoms with van der Waals surface area (Å²) in [7, 11) is 0. The van der Waals surface area contributed by atoms with Crippen LogP contribution < -0.4 is 0 Å². The molecule has 0 bridgehead atoms. The smallest absolute Gasteiger partial charge is 0.286 e. The molecule has 0 aromatic carbocycles. The molecule has 0 unspecified atom stereocenters. The number of thioether (sulfide) groups is 1. The van der Waals surface area contributed by atoms with Crippen LogP contribution in [0.3, 0.4) is 0 Å². The molecular weight excluding hydrogens is 296 g/mol. The van der Waals surface area contributed by atoms with E-state index in [2.05, 4.69) is 14.9 Å². The summed E-state index contributed by atoms with van der Waals surface area (Å²) in [5.74, 6) is -0.142. The first-order valence-electron chi connectivity index (χ1n) is 7.51. The number of piperidine rings is 1. The number of rotatable bonds is 1. The summed E-state index contributed by atoms with van der Waals surface area (Å²) in [6.07, 6.45) is 9.25. The Hall–Kier alpha value is -2.08. The number of nitrogens with zero attached hydrogens (tertiary/aromatic N) is 4. The maximum Gasteiger partial charge on any atom is 0.286 e. The summed E-state index contributed by atoms with van der Waals surface area (Å²) in [4.78, 5) is 23.6. The molecule has 1 saturated heterocycles. The first-order chi connectivity index (χ1) is 10.8. The standard InChI is InChI=1S/C16H16N4OS/c21-15-13(22-16(18-15)19-7-3-1-4-8-19)10-12-11-17-14-6-2-5-9-20(12)14/h2,5-6,9-11H,1,3-4,7-8H2/b13-10+. The number of carbonyl (C=O) groups is 1. The third kappa shape index (κ3) is 2.43. The molecule has 0 spiro atoms. The topological polar surface area (TPSA) is 50.0 Å². The third-order valence-corrected chi connectivity index (χ3v) is 5.00. The molecule has 1 amide bonds. The molecule has 2 aliphatic rings. The minimum Gasteiger partial charge on any atom is -0.351 e. The zero-order valence-corrected chi connectivity index (χ0v) is 12.9. The van der Waals surface area contributed by atoms with E-state index in [1.54, 1.807) is 6.20 Å². The highest BCUT2D eigenvalue weighted by Crippen LogP contribution is 2.31. The molecule has 4 heterocycles. The van der Waals surface area contributed by atoms with Gasteiger partial charge in [0.2, 0.25) is 0 Å². The van der Waals surface area contributed by atoms with E-state index in [0.29, 0.717) is 4.91 Å². The van der Waals surface area contributed by atoms with Crippen LogP contribution in [0.25, 0.3) is 11.7 Å². The highest BCUT2D eigenvalue weighted by molar-refractivity contribution is 8.18. The van der Waals surface area contributed by atoms with E-state index in [1.807, 2.05) is 34.9 Å². The molecule has 2 aliphatic heterocycles. The predicted molar refractivity (Wildman–Crippen MR) is 88.6 cm³/mol. The number of aliphatic imine (C=N–C) groups is 1. The fourth-order valence-electron chi connectivity index (χ4n) is 2.81. The average Bonchev–Trinajstić information content (AvgIpc) is 3.13. The summed E-state index contributed by atoms with van der Waals surface area (Å²) in [5, 5.41) is 0.852. The van der Waals surface area contributed by atoms with Crippen LogP contribution >= 0.6 is 11.8 Å². The molecule has 2 aromatic rings. The van der Waals surface area contributed by atoms with Gasteiger partial charge in [0, 0.05) is 19.3 Å². The van der Waals surface area contributed by atoms with Crippen molar-refractivity contribution < 1.29 is 4.79 Å². The Morgan fingerprint density at radius 2 is 2.05 bits per heavy atom. The highest BCUT2D eigenvalue weighted by Gasteiger charge is 2.27. The molecule has 4 rings (SSSR count). The second-order valence-corrected chi connectivity index (χ2v) is 6.48. The van der Waals surface area contributed by atoms with Gasteiger partial charge >= 0.3 is 0 Å². The van der Waals surface area contributed by atoms with Gasteiger partial charge in [0.1, 0.15) is 5.65 Å². The molecule has 6 heteroatoms. The second kappa shape index (κ2) is 5.61. The van der Waals surface area contributed by atoms with Gasteiger partial charge in [0.05, 0.1) is 16.8 Å². The fraction of sp³-hybridized carbons (Fsp3) is 0.312. The monoisotopic (exact) mass is 312 g/mol. The van der Waals surface area contributed by atoms with Crippen molar-refractivity contribution in [1.29, 1.82) is 0 Å². The van der Waals surface area contributed by atoms with Gasteiger partial charge in [-0.2, -0.15) is 4.99 Å². The van der Waals surface area contributed by atoms with Crippen LogP contribution in [0.1, 0.15) is 25.0 Å². The molecular formula is C16H16N4OS. The van der Waals surface area contributed by atoms with E-state index >= 15 is 0 Å². The number of amidine groups is 1. The van der Waals surface area contributed by atoms with Crippen LogP contribution in [0.4, 0.5) is 0 Å². The molecule has 112 valence electrons. The molecule has 2 aromatic heterocycles. The maximum atomic E-state index is 12.2. The number of amides is 1. The molecule has 5 nitrogen and oxygen atoms in total. The van der Waals surface area contributed by atoms with Gasteiger partial charge in [-0.3, -0.25) is 4.79 Å². The van der Waals surface area contributed by atoms with Crippen LogP contribution in [0.2, 0.25) is 0 Å². The van der Waals surface area contributed by atoms with E-state index in [4.69, 9.17) is 0 Å². The van der Waals surface area contributed by atoms with E-state index < -0.39 is 0 Å². The van der Waals surface area contributed by atoms with Crippen molar-refractivity contribution >= 4 is 34.6 Å². The lowest BCUT2D eigenvalue weighted by molar-refractivity contribution is -0.113. The number of imidazole rings is 1. The number of fused-ring (bicyclic) bond motifs is 1. The summed E-state index contributed by atoms with van der Waals surface area (Å²) in [5.41, 5.74) is 1.78. The third-order valence-electron chi connectivity index (χ3n) is 3.96. The molecule has 0 N–H and O–H groups in total. The maximum absolute atomic E-state index is 12.2. The first kappa shape index (κ1) is 13.6. The SMILES string of the molecule is O=C1N=C(N2CCCCC2)S/C1=C/c1cnc2ccccn12. The van der Waals surface area contributed by atoms with Crippen molar-refractivity contribution in [2.75, 3.05) is 13.1 Å². The highest BCUT2D eigenvalue weighted by atomic mass is 32.2. The van der Waals surface area contributed by atoms with Gasteiger partial charge in [-0.15, -0.1) is 0 Å². The van der Waals surface area contributed by atoms with Crippen LogP contribution in [0, 0.1) is 0 Å². The number of aromatic nitrogens is 2. The summed E-state index contributed by atoms with van der Waals surface area (Å²) in [6, 6.07) is 5.85. The molecule has 0 saturated carbocycles. The summed E-state index contributed by atoms with van der Waals surface area (Å²) in [6.45, 7) is 2.00. The zero-order valence-electron chi connectivity index (χ0n) is 12.1. The Balaban J connectivity index is 1.60. The molecule has 0 atom stereocenters. The fourth-order valence-corrected chi connectivity index (χ4v) is 3.76. The van der Waals surface area contributed by atoms with Crippen molar-refractivity contribution in [1.82, 2.24) is 14.3 Å². The first-order valence-corrected chi connectivity index (χ1v) is 8.32. The van der Waals surface area contributed by atoms with Crippen molar-refractivity contribution in [3.63, 3.8) is 0 Å². The second-order valence-electron chi connectivity index (χ2n) is 5.47. The summed E-state index contributed by atoms with van der Waals surface area (Å²) < 4.78 is 1.97. The number of pyridine rings is 1. The van der Waals surface area contributed by atoms with Crippen molar-refractivity contribution in [2.45, 2.75) is 19.3 Å². The molecule has 0 radical (unpaired) electrons. The number of carbonyl (C=O) groups excluding carboxylic acids is 1. The lowest BCUT2D eigenvalue weighted by Crippen LogP contribution is -2.33. The quantitative estimate of drug-likeness (QED) is 0.760. The van der Waals surface area contributed by atoms with Gasteiger partial charge in [0.15, 0.2) is 5.17 Å². The average molecular weight is 312 g/mol. The lowest BCUT2D eigenvalue weighted by atomic mass is 10.1. The normalized spacial score (nSPS) is 20.9. The Morgan fingerprint density at radius 3 is 2.91 bits per heavy atom. The van der Waals surface area contributed by atoms with Gasteiger partial charge in [-0.05, 0) is 49.2 Å². The van der Waals surface area contributed by atoms with Gasteiger partial charge in [-0.1, -0.05) is 6.07 Å². The van der Waals surface area contributed by atoms with Crippen molar-refractivity contribution in [3.05, 3.63) is 41.2 Å². The Bertz CT molecular complexity index is 786. The number of likely N-dealkylation sites (tertiary alicyclic amines) is 1. The number of hydrogen-bond acceptors (Lipinski definition) is 4. The van der Waals surface area contributed by atoms with E-state index in [1.165, 1.54) is 31.0 Å². The van der Waals surface area contributed by atoms with Gasteiger partial charge in [0.25, 0.3) is 5.91 Å². The van der Waals surface area contributed by atoms with Crippen molar-refractivity contribution in [3.8, 4) is 0 Å². The lowest BCUT2D eigenvalue weighted by Gasteiger charge is -2.27. The molecule has 1 fully saturated rings. The predicted octanol–water partition coefficient (Wildman–Crippen LogP) is 2.79. The van der Waals surface area contributed by atoms with Crippen LogP contribution in [-0.4, -0.2) is 38.4 Å². The van der Waals surface area contributed by atoms with Gasteiger partial charge < -0.3 is 9.30 Å². The van der Waals surface area contributed by atoms with Gasteiger partial charge in [-0.25, -0.2) is 4.98 Å². The Labute approximate surface area is 132 Å². The Morgan fingerprint density at radius 1 is 1.18 bits per heavy atom. The van der Waals surface area contributed by atoms with E-state index in [9.17, 15) is 4.79 Å². The largest absolute Gasteiger partial charge is 0.351 e. The van der Waals surface area contributed by atoms with E-state index in [-0.39, 0.29) is 5.91 Å². The number of hydrogen-bond donors (Lipinski definition) is 0.